The molecule has 4 rings (SSSR count). The number of carbonyl (C=O) groups is 3. The molecule has 2 aromatic rings. The van der Waals surface area contributed by atoms with Crippen LogP contribution in [0.5, 0.6) is 11.5 Å². The molecule has 3 amide bonds. The van der Waals surface area contributed by atoms with Crippen molar-refractivity contribution in [2.75, 3.05) is 19.9 Å². The Balaban J connectivity index is 1.41. The van der Waals surface area contributed by atoms with E-state index in [9.17, 15) is 14.4 Å². The zero-order valence-corrected chi connectivity index (χ0v) is 19.2. The second-order valence-electron chi connectivity index (χ2n) is 7.83. The molecule has 1 unspecified atom stereocenters. The van der Waals surface area contributed by atoms with Gasteiger partial charge in [0.1, 0.15) is 6.04 Å². The van der Waals surface area contributed by atoms with E-state index in [0.29, 0.717) is 36.6 Å². The van der Waals surface area contributed by atoms with Crippen LogP contribution in [0.2, 0.25) is 0 Å². The van der Waals surface area contributed by atoms with Gasteiger partial charge in [0, 0.05) is 11.4 Å². The van der Waals surface area contributed by atoms with Crippen molar-refractivity contribution in [2.24, 2.45) is 0 Å². The van der Waals surface area contributed by atoms with Crippen LogP contribution < -0.4 is 20.1 Å². The normalized spacial score (nSPS) is 18.0. The van der Waals surface area contributed by atoms with Crippen molar-refractivity contribution in [3.63, 3.8) is 0 Å². The van der Waals surface area contributed by atoms with Gasteiger partial charge in [-0.05, 0) is 48.9 Å². The highest BCUT2D eigenvalue weighted by Crippen LogP contribution is 2.35. The number of fused-ring (bicyclic) bond motifs is 1. The number of benzene rings is 1. The number of likely N-dealkylation sites (tertiary alicyclic amines) is 1. The predicted octanol–water partition coefficient (Wildman–Crippen LogP) is 2.96. The van der Waals surface area contributed by atoms with E-state index in [1.165, 1.54) is 0 Å². The van der Waals surface area contributed by atoms with Crippen LogP contribution >= 0.6 is 11.3 Å². The van der Waals surface area contributed by atoms with Crippen LogP contribution in [0.15, 0.2) is 35.7 Å². The van der Waals surface area contributed by atoms with Gasteiger partial charge < -0.3 is 29.7 Å². The Bertz CT molecular complexity index is 996. The SMILES string of the molecule is CCOC(=O)C[C@H](NC(=O)NC1CCCN(Cc2cccs2)C1=O)c1ccc2c(c1)OCO2. The third kappa shape index (κ3) is 5.75. The molecule has 1 fully saturated rings. The molecule has 1 saturated heterocycles. The third-order valence-corrected chi connectivity index (χ3v) is 6.40. The van der Waals surface area contributed by atoms with E-state index in [4.69, 9.17) is 14.2 Å². The van der Waals surface area contributed by atoms with E-state index in [2.05, 4.69) is 10.6 Å². The summed E-state index contributed by atoms with van der Waals surface area (Å²) in [6.07, 6.45) is 1.32. The Morgan fingerprint density at radius 2 is 2.12 bits per heavy atom. The highest BCUT2D eigenvalue weighted by molar-refractivity contribution is 7.09. The monoisotopic (exact) mass is 473 g/mol. The summed E-state index contributed by atoms with van der Waals surface area (Å²) >= 11 is 1.60. The van der Waals surface area contributed by atoms with Gasteiger partial charge in [-0.3, -0.25) is 9.59 Å². The van der Waals surface area contributed by atoms with Gasteiger partial charge in [-0.2, -0.15) is 0 Å². The van der Waals surface area contributed by atoms with Crippen LogP contribution in [0.1, 0.15) is 42.7 Å². The van der Waals surface area contributed by atoms with Crippen LogP contribution in [0.25, 0.3) is 0 Å². The lowest BCUT2D eigenvalue weighted by Gasteiger charge is -2.32. The van der Waals surface area contributed by atoms with Crippen LogP contribution in [0.3, 0.4) is 0 Å². The summed E-state index contributed by atoms with van der Waals surface area (Å²) in [6.45, 7) is 3.30. The molecular formula is C23H27N3O6S. The number of nitrogens with zero attached hydrogens (tertiary/aromatic N) is 1. The number of carbonyl (C=O) groups excluding carboxylic acids is 3. The summed E-state index contributed by atoms with van der Waals surface area (Å²) < 4.78 is 15.8. The van der Waals surface area contributed by atoms with Crippen molar-refractivity contribution in [1.29, 1.82) is 0 Å². The van der Waals surface area contributed by atoms with Gasteiger partial charge >= 0.3 is 12.0 Å². The van der Waals surface area contributed by atoms with E-state index in [1.54, 1.807) is 41.4 Å². The predicted molar refractivity (Wildman–Crippen MR) is 121 cm³/mol. The molecule has 2 N–H and O–H groups in total. The summed E-state index contributed by atoms with van der Waals surface area (Å²) in [7, 11) is 0. The van der Waals surface area contributed by atoms with E-state index >= 15 is 0 Å². The zero-order chi connectivity index (χ0) is 23.2. The Hall–Kier alpha value is -3.27. The molecule has 0 spiro atoms. The third-order valence-electron chi connectivity index (χ3n) is 5.54. The maximum Gasteiger partial charge on any atom is 0.315 e. The fourth-order valence-corrected chi connectivity index (χ4v) is 4.67. The van der Waals surface area contributed by atoms with Crippen molar-refractivity contribution in [3.05, 3.63) is 46.2 Å². The number of amides is 3. The first-order valence-electron chi connectivity index (χ1n) is 11.0. The second-order valence-corrected chi connectivity index (χ2v) is 8.86. The van der Waals surface area contributed by atoms with Crippen LogP contribution in [0.4, 0.5) is 4.79 Å². The van der Waals surface area contributed by atoms with Gasteiger partial charge in [0.15, 0.2) is 11.5 Å². The summed E-state index contributed by atoms with van der Waals surface area (Å²) in [5.41, 5.74) is 0.678. The van der Waals surface area contributed by atoms with Gasteiger partial charge in [0.05, 0.1) is 25.6 Å². The number of thiophene rings is 1. The number of esters is 1. The van der Waals surface area contributed by atoms with Crippen molar-refractivity contribution < 1.29 is 28.6 Å². The first kappa shape index (κ1) is 22.9. The Kier molecular flexibility index (Phi) is 7.33. The fraction of sp³-hybridized carbons (Fsp3) is 0.435. The second kappa shape index (κ2) is 10.6. The van der Waals surface area contributed by atoms with E-state index in [-0.39, 0.29) is 25.7 Å². The quantitative estimate of drug-likeness (QED) is 0.571. The lowest BCUT2D eigenvalue weighted by Crippen LogP contribution is -2.54. The molecule has 3 heterocycles. The molecule has 9 nitrogen and oxygen atoms in total. The maximum atomic E-state index is 12.9. The number of ether oxygens (including phenoxy) is 3. The minimum Gasteiger partial charge on any atom is -0.466 e. The average molecular weight is 474 g/mol. The lowest BCUT2D eigenvalue weighted by molar-refractivity contribution is -0.143. The molecule has 0 aliphatic carbocycles. The number of nitrogens with one attached hydrogen (secondary N) is 2. The molecule has 1 aromatic carbocycles. The van der Waals surface area contributed by atoms with Gasteiger partial charge in [0.2, 0.25) is 12.7 Å². The fourth-order valence-electron chi connectivity index (χ4n) is 3.95. The molecule has 2 aliphatic heterocycles. The Morgan fingerprint density at radius 3 is 2.91 bits per heavy atom. The minimum absolute atomic E-state index is 0.0516. The smallest absolute Gasteiger partial charge is 0.315 e. The summed E-state index contributed by atoms with van der Waals surface area (Å²) in [5.74, 6) is 0.623. The molecular weight excluding hydrogens is 446 g/mol. The van der Waals surface area contributed by atoms with E-state index < -0.39 is 24.1 Å². The Labute approximate surface area is 196 Å². The zero-order valence-electron chi connectivity index (χ0n) is 18.4. The molecule has 0 radical (unpaired) electrons. The van der Waals surface area contributed by atoms with Gasteiger partial charge in [0.25, 0.3) is 0 Å². The van der Waals surface area contributed by atoms with E-state index in [1.807, 2.05) is 17.5 Å². The highest BCUT2D eigenvalue weighted by atomic mass is 32.1. The Morgan fingerprint density at radius 1 is 1.27 bits per heavy atom. The van der Waals surface area contributed by atoms with Crippen molar-refractivity contribution in [2.45, 2.75) is 44.8 Å². The van der Waals surface area contributed by atoms with Gasteiger partial charge in [-0.1, -0.05) is 12.1 Å². The van der Waals surface area contributed by atoms with Crippen molar-refractivity contribution in [3.8, 4) is 11.5 Å². The first-order valence-corrected chi connectivity index (χ1v) is 11.8. The summed E-state index contributed by atoms with van der Waals surface area (Å²) in [6, 6.07) is 7.41. The number of rotatable bonds is 8. The molecule has 176 valence electrons. The summed E-state index contributed by atoms with van der Waals surface area (Å²) in [5, 5.41) is 7.60. The topological polar surface area (TPSA) is 106 Å². The molecule has 1 aromatic heterocycles. The van der Waals surface area contributed by atoms with Crippen LogP contribution in [-0.4, -0.2) is 48.8 Å². The maximum absolute atomic E-state index is 12.9. The largest absolute Gasteiger partial charge is 0.466 e. The van der Waals surface area contributed by atoms with Crippen molar-refractivity contribution in [1.82, 2.24) is 15.5 Å². The van der Waals surface area contributed by atoms with Gasteiger partial charge in [-0.25, -0.2) is 4.79 Å². The average Bonchev–Trinajstić information content (AvgIpc) is 3.47. The van der Waals surface area contributed by atoms with E-state index in [0.717, 1.165) is 11.3 Å². The number of piperidine rings is 1. The summed E-state index contributed by atoms with van der Waals surface area (Å²) in [4.78, 5) is 40.8. The molecule has 2 aliphatic rings. The standard InChI is InChI=1S/C23H27N3O6S/c1-2-30-21(27)12-18(15-7-8-19-20(11-15)32-14-31-19)25-23(29)24-17-6-3-9-26(22(17)28)13-16-5-4-10-33-16/h4-5,7-8,10-11,17-18H,2-3,6,9,12-14H2,1H3,(H2,24,25,29)/t17?,18-/m0/s1. The van der Waals surface area contributed by atoms with Crippen molar-refractivity contribution >= 4 is 29.2 Å². The first-order chi connectivity index (χ1) is 16.0. The molecule has 0 saturated carbocycles. The number of hydrogen-bond acceptors (Lipinski definition) is 7. The van der Waals surface area contributed by atoms with Crippen LogP contribution in [0, 0.1) is 0 Å². The molecule has 10 heteroatoms. The molecule has 2 atom stereocenters. The number of urea groups is 1. The lowest BCUT2D eigenvalue weighted by atomic mass is 10.0. The van der Waals surface area contributed by atoms with Gasteiger partial charge in [-0.15, -0.1) is 11.3 Å². The number of hydrogen-bond donors (Lipinski definition) is 2. The minimum atomic E-state index is -0.653. The molecule has 0 bridgehead atoms. The van der Waals surface area contributed by atoms with Crippen LogP contribution in [-0.2, 0) is 20.9 Å². The highest BCUT2D eigenvalue weighted by Gasteiger charge is 2.31. The molecule has 33 heavy (non-hydrogen) atoms.